The fraction of sp³-hybridized carbons (Fsp3) is 0.781. The highest BCUT2D eigenvalue weighted by atomic mass is 19.4. The molecule has 2 fully saturated rings. The predicted octanol–water partition coefficient (Wildman–Crippen LogP) is 12.5. The van der Waals surface area contributed by atoms with Gasteiger partial charge in [-0.1, -0.05) is 69.7 Å². The predicted molar refractivity (Wildman–Crippen MR) is 146 cm³/mol. The average Bonchev–Trinajstić information content (AvgIpc) is 3.04. The van der Waals surface area contributed by atoms with Crippen molar-refractivity contribution in [3.05, 3.63) is 35.4 Å². The number of carbonyl (C=O) groups excluding carboxylic acids is 1. The van der Waals surface area contributed by atoms with Crippen molar-refractivity contribution in [2.45, 2.75) is 138 Å². The smallest absolute Gasteiger partial charge is 0.287 e. The van der Waals surface area contributed by atoms with E-state index in [0.29, 0.717) is 48.3 Å². The van der Waals surface area contributed by atoms with Crippen molar-refractivity contribution in [1.82, 2.24) is 0 Å². The standard InChI is InChI=1S/C32H35F17O/c1-2-3-4-5-18-6-8-19(9-7-18)20-10-12-21(13-11-20)22-14-16-23(17-15-22)24(50)25(33,34)26(35,36)27(37,38)28(39,40)29(41,42)30(43,44)31(45,46)32(47,48)49/h14-21H,2-13H2,1H3/t18-,19-,20-,21-. The van der Waals surface area contributed by atoms with Crippen LogP contribution in [0.5, 0.6) is 0 Å². The minimum absolute atomic E-state index is 0.204. The summed E-state index contributed by atoms with van der Waals surface area (Å²) in [7, 11) is 0. The van der Waals surface area contributed by atoms with Crippen LogP contribution in [-0.4, -0.2) is 53.4 Å². The van der Waals surface area contributed by atoms with E-state index in [1.54, 1.807) is 0 Å². The number of benzene rings is 1. The Morgan fingerprint density at radius 2 is 0.940 bits per heavy atom. The zero-order valence-electron chi connectivity index (χ0n) is 26.4. The van der Waals surface area contributed by atoms with E-state index in [1.807, 2.05) is 0 Å². The fourth-order valence-electron chi connectivity index (χ4n) is 6.95. The van der Waals surface area contributed by atoms with Gasteiger partial charge in [-0.3, -0.25) is 4.79 Å². The molecule has 1 aromatic rings. The molecule has 0 unspecified atom stereocenters. The first-order valence-corrected chi connectivity index (χ1v) is 16.0. The lowest BCUT2D eigenvalue weighted by Gasteiger charge is -2.42. The molecule has 288 valence electrons. The number of hydrogen-bond donors (Lipinski definition) is 0. The van der Waals surface area contributed by atoms with Gasteiger partial charge in [0.15, 0.2) is 0 Å². The molecule has 2 saturated carbocycles. The molecule has 0 radical (unpaired) electrons. The van der Waals surface area contributed by atoms with Crippen molar-refractivity contribution < 1.29 is 79.4 Å². The maximum atomic E-state index is 14.5. The van der Waals surface area contributed by atoms with E-state index < -0.39 is 59.0 Å². The Hall–Kier alpha value is -2.30. The normalized spacial score (nSPS) is 24.0. The minimum atomic E-state index is -8.74. The summed E-state index contributed by atoms with van der Waals surface area (Å²) in [6, 6.07) is 2.82. The number of hydrogen-bond acceptors (Lipinski definition) is 1. The molecule has 2 aliphatic carbocycles. The first-order valence-electron chi connectivity index (χ1n) is 16.0. The van der Waals surface area contributed by atoms with Gasteiger partial charge in [-0.05, 0) is 67.8 Å². The second-order valence-electron chi connectivity index (χ2n) is 13.4. The Labute approximate surface area is 276 Å². The summed E-state index contributed by atoms with van der Waals surface area (Å²) >= 11 is 0. The van der Waals surface area contributed by atoms with Gasteiger partial charge in [-0.25, -0.2) is 0 Å². The molecule has 0 heterocycles. The minimum Gasteiger partial charge on any atom is -0.287 e. The quantitative estimate of drug-likeness (QED) is 0.105. The molecule has 0 bridgehead atoms. The molecule has 50 heavy (non-hydrogen) atoms. The van der Waals surface area contributed by atoms with Gasteiger partial charge in [-0.15, -0.1) is 0 Å². The van der Waals surface area contributed by atoms with E-state index in [1.165, 1.54) is 19.3 Å². The zero-order valence-corrected chi connectivity index (χ0v) is 26.4. The van der Waals surface area contributed by atoms with Crippen LogP contribution in [-0.2, 0) is 0 Å². The zero-order chi connectivity index (χ0) is 38.4. The lowest BCUT2D eigenvalue weighted by Crippen LogP contribution is -2.75. The third-order valence-electron chi connectivity index (χ3n) is 10.2. The molecule has 0 N–H and O–H groups in total. The molecule has 0 aliphatic heterocycles. The van der Waals surface area contributed by atoms with Gasteiger partial charge in [-0.2, -0.15) is 74.6 Å². The number of unbranched alkanes of at least 4 members (excludes halogenated alkanes) is 2. The van der Waals surface area contributed by atoms with Gasteiger partial charge in [0.25, 0.3) is 0 Å². The average molecular weight is 759 g/mol. The molecule has 2 aliphatic rings. The third-order valence-corrected chi connectivity index (χ3v) is 10.2. The van der Waals surface area contributed by atoms with Crippen LogP contribution in [0.15, 0.2) is 24.3 Å². The largest absolute Gasteiger partial charge is 0.460 e. The first-order chi connectivity index (χ1) is 22.6. The monoisotopic (exact) mass is 758 g/mol. The van der Waals surface area contributed by atoms with Crippen LogP contribution < -0.4 is 0 Å². The summed E-state index contributed by atoms with van der Waals surface area (Å²) in [5.41, 5.74) is -1.14. The van der Waals surface area contributed by atoms with E-state index in [4.69, 9.17) is 0 Å². The lowest BCUT2D eigenvalue weighted by atomic mass is 9.68. The first kappa shape index (κ1) is 42.1. The Balaban J connectivity index is 1.73. The van der Waals surface area contributed by atoms with E-state index in [9.17, 15) is 79.4 Å². The summed E-state index contributed by atoms with van der Waals surface area (Å²) in [5, 5.41) is 0. The Morgan fingerprint density at radius 3 is 1.36 bits per heavy atom. The molecule has 18 heteroatoms. The molecular formula is C32H35F17O. The van der Waals surface area contributed by atoms with Crippen molar-refractivity contribution in [2.24, 2.45) is 17.8 Å². The van der Waals surface area contributed by atoms with Gasteiger partial charge >= 0.3 is 47.6 Å². The van der Waals surface area contributed by atoms with Gasteiger partial charge in [0, 0.05) is 5.56 Å². The number of alkyl halides is 17. The van der Waals surface area contributed by atoms with Gasteiger partial charge in [0.1, 0.15) is 0 Å². The highest BCUT2D eigenvalue weighted by Gasteiger charge is 2.95. The van der Waals surface area contributed by atoms with Crippen LogP contribution in [0.1, 0.15) is 106 Å². The topological polar surface area (TPSA) is 17.1 Å². The maximum absolute atomic E-state index is 14.5. The van der Waals surface area contributed by atoms with E-state index in [2.05, 4.69) is 6.92 Å². The number of halogens is 17. The maximum Gasteiger partial charge on any atom is 0.460 e. The Bertz CT molecular complexity index is 1290. The molecule has 0 saturated heterocycles. The highest BCUT2D eigenvalue weighted by molar-refractivity contribution is 6.02. The molecule has 1 nitrogen and oxygen atoms in total. The van der Waals surface area contributed by atoms with E-state index in [0.717, 1.165) is 57.1 Å². The molecule has 0 spiro atoms. The van der Waals surface area contributed by atoms with Crippen molar-refractivity contribution in [3.8, 4) is 0 Å². The van der Waals surface area contributed by atoms with E-state index >= 15 is 0 Å². The summed E-state index contributed by atoms with van der Waals surface area (Å²) in [4.78, 5) is 12.2. The van der Waals surface area contributed by atoms with Crippen LogP contribution >= 0.6 is 0 Å². The number of Topliss-reactive ketones (excluding diaryl/α,β-unsaturated/α-hetero) is 1. The van der Waals surface area contributed by atoms with Crippen LogP contribution in [0, 0.1) is 17.8 Å². The molecule has 3 rings (SSSR count). The SMILES string of the molecule is CCCCC[C@H]1CC[C@H]([C@H]2CC[C@H](c3ccc(C(=O)C(F)(F)C(F)(F)C(F)(F)C(F)(F)C(F)(F)C(F)(F)C(F)(F)C(F)(F)F)cc3)CC2)CC1. The molecule has 0 atom stereocenters. The number of carbonyl (C=O) groups is 1. The lowest BCUT2D eigenvalue weighted by molar-refractivity contribution is -0.459. The summed E-state index contributed by atoms with van der Waals surface area (Å²) < 4.78 is 231. The third kappa shape index (κ3) is 7.06. The van der Waals surface area contributed by atoms with Crippen molar-refractivity contribution in [2.75, 3.05) is 0 Å². The van der Waals surface area contributed by atoms with Gasteiger partial charge < -0.3 is 0 Å². The van der Waals surface area contributed by atoms with Crippen molar-refractivity contribution in [1.29, 1.82) is 0 Å². The van der Waals surface area contributed by atoms with Crippen LogP contribution in [0.25, 0.3) is 0 Å². The molecule has 0 amide bonds. The summed E-state index contributed by atoms with van der Waals surface area (Å²) in [5.74, 6) is -59.9. The number of ketones is 1. The van der Waals surface area contributed by atoms with Crippen molar-refractivity contribution >= 4 is 5.78 Å². The second-order valence-corrected chi connectivity index (χ2v) is 13.4. The molecule has 0 aromatic heterocycles. The molecule has 1 aromatic carbocycles. The second kappa shape index (κ2) is 14.3. The van der Waals surface area contributed by atoms with Crippen LogP contribution in [0.4, 0.5) is 74.6 Å². The van der Waals surface area contributed by atoms with Crippen LogP contribution in [0.3, 0.4) is 0 Å². The Kier molecular flexibility index (Phi) is 12.0. The Morgan fingerprint density at radius 1 is 0.540 bits per heavy atom. The van der Waals surface area contributed by atoms with Crippen molar-refractivity contribution in [3.63, 3.8) is 0 Å². The van der Waals surface area contributed by atoms with Gasteiger partial charge in [0.2, 0.25) is 5.78 Å². The summed E-state index contributed by atoms with van der Waals surface area (Å²) in [6.45, 7) is 2.14. The number of rotatable bonds is 14. The van der Waals surface area contributed by atoms with Crippen LogP contribution in [0.2, 0.25) is 0 Å². The summed E-state index contributed by atoms with van der Waals surface area (Å²) in [6.07, 6.45) is 4.16. The fourth-order valence-corrected chi connectivity index (χ4v) is 6.95. The van der Waals surface area contributed by atoms with E-state index in [-0.39, 0.29) is 5.92 Å². The molecular weight excluding hydrogens is 723 g/mol. The van der Waals surface area contributed by atoms with Gasteiger partial charge in [0.05, 0.1) is 0 Å². The highest BCUT2D eigenvalue weighted by Crippen LogP contribution is 2.64.